The summed E-state index contributed by atoms with van der Waals surface area (Å²) in [4.78, 5) is 0. The predicted octanol–water partition coefficient (Wildman–Crippen LogP) is 4.53. The van der Waals surface area contributed by atoms with E-state index >= 15 is 0 Å². The monoisotopic (exact) mass is 238 g/mol. The molecule has 100 valence electrons. The second-order valence-corrected chi connectivity index (χ2v) is 6.50. The lowest BCUT2D eigenvalue weighted by Crippen LogP contribution is -2.20. The van der Waals surface area contributed by atoms with Gasteiger partial charge in [-0.2, -0.15) is 0 Å². The Hall–Kier alpha value is -0.0400. The van der Waals surface area contributed by atoms with Crippen molar-refractivity contribution < 1.29 is 5.11 Å². The maximum Gasteiger partial charge on any atom is 0.0568 e. The molecule has 2 rings (SSSR count). The van der Waals surface area contributed by atoms with Crippen LogP contribution in [0.3, 0.4) is 0 Å². The third-order valence-corrected chi connectivity index (χ3v) is 5.30. The molecule has 1 N–H and O–H groups in total. The maximum absolute atomic E-state index is 10.3. The zero-order valence-corrected chi connectivity index (χ0v) is 11.5. The van der Waals surface area contributed by atoms with E-state index < -0.39 is 0 Å². The van der Waals surface area contributed by atoms with Crippen molar-refractivity contribution in [2.45, 2.75) is 83.7 Å². The second kappa shape index (κ2) is 6.78. The summed E-state index contributed by atoms with van der Waals surface area (Å²) in [5.74, 6) is 2.47. The van der Waals surface area contributed by atoms with Crippen LogP contribution < -0.4 is 0 Å². The SMILES string of the molecule is CCC1CCC(C(O)CCC2CCCCC2)C1. The Kier molecular flexibility index (Phi) is 5.34. The molecule has 2 aliphatic carbocycles. The minimum Gasteiger partial charge on any atom is -0.393 e. The van der Waals surface area contributed by atoms with Gasteiger partial charge >= 0.3 is 0 Å². The van der Waals surface area contributed by atoms with Crippen molar-refractivity contribution in [3.63, 3.8) is 0 Å². The van der Waals surface area contributed by atoms with Crippen molar-refractivity contribution in [1.82, 2.24) is 0 Å². The smallest absolute Gasteiger partial charge is 0.0568 e. The molecular formula is C16H30O. The molecule has 0 aliphatic heterocycles. The molecule has 0 amide bonds. The topological polar surface area (TPSA) is 20.2 Å². The minimum absolute atomic E-state index is 0.00785. The molecule has 2 aliphatic rings. The molecule has 1 heteroatoms. The van der Waals surface area contributed by atoms with Crippen LogP contribution in [0.1, 0.15) is 77.6 Å². The Morgan fingerprint density at radius 3 is 2.41 bits per heavy atom. The standard InChI is InChI=1S/C16H30O/c1-2-13-8-10-15(12-13)16(17)11-9-14-6-4-3-5-7-14/h13-17H,2-12H2,1H3. The van der Waals surface area contributed by atoms with Crippen LogP contribution in [-0.4, -0.2) is 11.2 Å². The van der Waals surface area contributed by atoms with Crippen molar-refractivity contribution in [1.29, 1.82) is 0 Å². The van der Waals surface area contributed by atoms with E-state index in [4.69, 9.17) is 0 Å². The Bertz CT molecular complexity index is 208. The van der Waals surface area contributed by atoms with Crippen molar-refractivity contribution in [2.24, 2.45) is 17.8 Å². The molecule has 1 nitrogen and oxygen atoms in total. The molecule has 0 saturated heterocycles. The van der Waals surface area contributed by atoms with E-state index in [1.165, 1.54) is 64.2 Å². The van der Waals surface area contributed by atoms with Crippen molar-refractivity contribution >= 4 is 0 Å². The van der Waals surface area contributed by atoms with Gasteiger partial charge in [-0.25, -0.2) is 0 Å². The van der Waals surface area contributed by atoms with Gasteiger partial charge in [0.2, 0.25) is 0 Å². The highest BCUT2D eigenvalue weighted by molar-refractivity contribution is 4.80. The first-order valence-corrected chi connectivity index (χ1v) is 7.97. The van der Waals surface area contributed by atoms with Crippen molar-refractivity contribution in [2.75, 3.05) is 0 Å². The molecule has 0 spiro atoms. The van der Waals surface area contributed by atoms with Gasteiger partial charge in [-0.3, -0.25) is 0 Å². The Morgan fingerprint density at radius 2 is 1.76 bits per heavy atom. The number of rotatable bonds is 5. The van der Waals surface area contributed by atoms with Crippen LogP contribution in [-0.2, 0) is 0 Å². The Labute approximate surface area is 107 Å². The van der Waals surface area contributed by atoms with Gasteiger partial charge in [-0.1, -0.05) is 51.9 Å². The molecule has 3 unspecified atom stereocenters. The van der Waals surface area contributed by atoms with Crippen molar-refractivity contribution in [3.8, 4) is 0 Å². The average molecular weight is 238 g/mol. The molecule has 2 fully saturated rings. The molecule has 0 heterocycles. The molecule has 2 saturated carbocycles. The average Bonchev–Trinajstić information content (AvgIpc) is 2.86. The fourth-order valence-electron chi connectivity index (χ4n) is 3.95. The lowest BCUT2D eigenvalue weighted by Gasteiger charge is -2.24. The Morgan fingerprint density at radius 1 is 1.00 bits per heavy atom. The summed E-state index contributed by atoms with van der Waals surface area (Å²) in [7, 11) is 0. The van der Waals surface area contributed by atoms with Gasteiger partial charge in [-0.15, -0.1) is 0 Å². The predicted molar refractivity (Wildman–Crippen MR) is 72.9 cm³/mol. The van der Waals surface area contributed by atoms with Crippen LogP contribution >= 0.6 is 0 Å². The van der Waals surface area contributed by atoms with Crippen LogP contribution in [0, 0.1) is 17.8 Å². The van der Waals surface area contributed by atoms with Crippen LogP contribution in [0.5, 0.6) is 0 Å². The molecule has 0 aromatic heterocycles. The van der Waals surface area contributed by atoms with Crippen LogP contribution in [0.4, 0.5) is 0 Å². The van der Waals surface area contributed by atoms with E-state index in [0.29, 0.717) is 5.92 Å². The number of hydrogen-bond acceptors (Lipinski definition) is 1. The van der Waals surface area contributed by atoms with E-state index in [1.807, 2.05) is 0 Å². The molecule has 0 radical (unpaired) electrons. The van der Waals surface area contributed by atoms with Crippen molar-refractivity contribution in [3.05, 3.63) is 0 Å². The zero-order chi connectivity index (χ0) is 12.1. The molecule has 0 aromatic carbocycles. The summed E-state index contributed by atoms with van der Waals surface area (Å²) < 4.78 is 0. The Balaban J connectivity index is 1.64. The lowest BCUT2D eigenvalue weighted by molar-refractivity contribution is 0.0896. The van der Waals surface area contributed by atoms with Crippen LogP contribution in [0.2, 0.25) is 0 Å². The quantitative estimate of drug-likeness (QED) is 0.746. The van der Waals surface area contributed by atoms with Gasteiger partial charge in [0.25, 0.3) is 0 Å². The normalized spacial score (nSPS) is 32.8. The fraction of sp³-hybridized carbons (Fsp3) is 1.00. The first-order chi connectivity index (χ1) is 8.29. The maximum atomic E-state index is 10.3. The third kappa shape index (κ3) is 3.98. The minimum atomic E-state index is 0.00785. The van der Waals surface area contributed by atoms with Gasteiger partial charge in [0.05, 0.1) is 6.10 Å². The molecule has 0 bridgehead atoms. The number of aliphatic hydroxyl groups excluding tert-OH is 1. The summed E-state index contributed by atoms with van der Waals surface area (Å²) in [5.41, 5.74) is 0. The van der Waals surface area contributed by atoms with Gasteiger partial charge in [0.1, 0.15) is 0 Å². The molecule has 3 atom stereocenters. The van der Waals surface area contributed by atoms with E-state index in [0.717, 1.165) is 18.3 Å². The summed E-state index contributed by atoms with van der Waals surface area (Å²) in [5, 5.41) is 10.3. The highest BCUT2D eigenvalue weighted by atomic mass is 16.3. The van der Waals surface area contributed by atoms with E-state index in [9.17, 15) is 5.11 Å². The summed E-state index contributed by atoms with van der Waals surface area (Å²) in [6, 6.07) is 0. The zero-order valence-electron chi connectivity index (χ0n) is 11.5. The van der Waals surface area contributed by atoms with Gasteiger partial charge in [0, 0.05) is 0 Å². The summed E-state index contributed by atoms with van der Waals surface area (Å²) >= 11 is 0. The molecule has 0 aromatic rings. The lowest BCUT2D eigenvalue weighted by atomic mass is 9.84. The second-order valence-electron chi connectivity index (χ2n) is 6.50. The van der Waals surface area contributed by atoms with Crippen LogP contribution in [0.25, 0.3) is 0 Å². The van der Waals surface area contributed by atoms with E-state index in [-0.39, 0.29) is 6.10 Å². The van der Waals surface area contributed by atoms with E-state index in [2.05, 4.69) is 6.92 Å². The van der Waals surface area contributed by atoms with Gasteiger partial charge in [0.15, 0.2) is 0 Å². The molecule has 17 heavy (non-hydrogen) atoms. The van der Waals surface area contributed by atoms with Gasteiger partial charge < -0.3 is 5.11 Å². The van der Waals surface area contributed by atoms with E-state index in [1.54, 1.807) is 0 Å². The summed E-state index contributed by atoms with van der Waals surface area (Å²) in [6.07, 6.45) is 14.8. The first kappa shape index (κ1) is 13.4. The largest absolute Gasteiger partial charge is 0.393 e. The fourth-order valence-corrected chi connectivity index (χ4v) is 3.95. The summed E-state index contributed by atoms with van der Waals surface area (Å²) in [6.45, 7) is 2.29. The number of aliphatic hydroxyl groups is 1. The van der Waals surface area contributed by atoms with Gasteiger partial charge in [-0.05, 0) is 43.4 Å². The highest BCUT2D eigenvalue weighted by Crippen LogP contribution is 2.37. The third-order valence-electron chi connectivity index (χ3n) is 5.30. The molecular weight excluding hydrogens is 208 g/mol. The number of hydrogen-bond donors (Lipinski definition) is 1. The highest BCUT2D eigenvalue weighted by Gasteiger charge is 2.29. The first-order valence-electron chi connectivity index (χ1n) is 7.97. The van der Waals surface area contributed by atoms with Crippen LogP contribution in [0.15, 0.2) is 0 Å².